The third kappa shape index (κ3) is 6.65. The van der Waals surface area contributed by atoms with Gasteiger partial charge in [0.2, 0.25) is 5.91 Å². The highest BCUT2D eigenvalue weighted by Crippen LogP contribution is 2.55. The number of nitrogens with two attached hydrogens (primary N) is 2. The number of benzene rings is 1. The van der Waals surface area contributed by atoms with E-state index >= 15 is 0 Å². The molecule has 40 heavy (non-hydrogen) atoms. The second kappa shape index (κ2) is 11.9. The van der Waals surface area contributed by atoms with Crippen LogP contribution in [0.4, 0.5) is 10.6 Å². The lowest BCUT2D eigenvalue weighted by Gasteiger charge is -2.57. The topological polar surface area (TPSA) is 152 Å². The second-order valence-corrected chi connectivity index (χ2v) is 12.0. The van der Waals surface area contributed by atoms with Gasteiger partial charge in [0, 0.05) is 44.5 Å². The summed E-state index contributed by atoms with van der Waals surface area (Å²) in [4.78, 5) is 45.0. The molecule has 1 spiro atoms. The van der Waals surface area contributed by atoms with Crippen LogP contribution in [0.2, 0.25) is 0 Å². The average Bonchev–Trinajstić information content (AvgIpc) is 2.86. The fourth-order valence-corrected chi connectivity index (χ4v) is 6.14. The number of anilines is 1. The fraction of sp³-hybridized carbons (Fsp3) is 0.571. The molecule has 3 aliphatic rings. The fourth-order valence-electron chi connectivity index (χ4n) is 6.14. The molecule has 0 atom stereocenters. The van der Waals surface area contributed by atoms with Crippen molar-refractivity contribution in [3.05, 3.63) is 52.6 Å². The van der Waals surface area contributed by atoms with Crippen LogP contribution in [0, 0.1) is 5.41 Å². The maximum atomic E-state index is 12.7. The summed E-state index contributed by atoms with van der Waals surface area (Å²) in [7, 11) is 0. The van der Waals surface area contributed by atoms with Crippen LogP contribution >= 0.6 is 12.4 Å². The Balaban J connectivity index is 0.00000370. The molecular weight excluding hydrogens is 532 g/mol. The third-order valence-electron chi connectivity index (χ3n) is 8.25. The Hall–Kier alpha value is -2.99. The smallest absolute Gasteiger partial charge is 0.338 e. The lowest BCUT2D eigenvalue weighted by atomic mass is 9.52. The number of nitrogens with zero attached hydrogens (tertiary/aromatic N) is 4. The van der Waals surface area contributed by atoms with E-state index in [2.05, 4.69) is 15.6 Å². The number of aromatic nitrogens is 2. The van der Waals surface area contributed by atoms with Gasteiger partial charge in [-0.25, -0.2) is 9.59 Å². The minimum Gasteiger partial charge on any atom is -0.338 e. The molecule has 0 bridgehead atoms. The second-order valence-electron chi connectivity index (χ2n) is 12.0. The predicted octanol–water partition coefficient (Wildman–Crippen LogP) is 1.47. The molecule has 1 aromatic carbocycles. The molecule has 3 fully saturated rings. The van der Waals surface area contributed by atoms with Gasteiger partial charge in [0.15, 0.2) is 0 Å². The van der Waals surface area contributed by atoms with E-state index in [4.69, 9.17) is 11.5 Å². The lowest BCUT2D eigenvalue weighted by Crippen LogP contribution is -2.58. The summed E-state index contributed by atoms with van der Waals surface area (Å²) in [6, 6.07) is 10.2. The molecule has 2 saturated carbocycles. The number of urea groups is 1. The largest absolute Gasteiger partial charge is 0.354 e. The average molecular weight is 573 g/mol. The maximum absolute atomic E-state index is 12.7. The lowest BCUT2D eigenvalue weighted by molar-refractivity contribution is -0.137. The predicted molar refractivity (Wildman–Crippen MR) is 157 cm³/mol. The van der Waals surface area contributed by atoms with Crippen LogP contribution in [-0.4, -0.2) is 81.6 Å². The third-order valence-corrected chi connectivity index (χ3v) is 8.25. The summed E-state index contributed by atoms with van der Waals surface area (Å²) < 4.78 is 1.45. The summed E-state index contributed by atoms with van der Waals surface area (Å²) in [5, 5.41) is 6.35. The van der Waals surface area contributed by atoms with E-state index in [1.54, 1.807) is 35.9 Å². The molecule has 1 aromatic heterocycles. The highest BCUT2D eigenvalue weighted by atomic mass is 35.5. The molecule has 6 N–H and O–H groups in total. The van der Waals surface area contributed by atoms with Crippen molar-refractivity contribution in [2.45, 2.75) is 63.6 Å². The van der Waals surface area contributed by atoms with E-state index < -0.39 is 11.2 Å². The molecule has 1 aliphatic heterocycles. The van der Waals surface area contributed by atoms with Crippen molar-refractivity contribution in [2.24, 2.45) is 16.9 Å². The van der Waals surface area contributed by atoms with Gasteiger partial charge in [-0.05, 0) is 81.7 Å². The normalized spacial score (nSPS) is 24.1. The van der Waals surface area contributed by atoms with Gasteiger partial charge in [-0.1, -0.05) is 12.1 Å². The number of hydrogen-bond acceptors (Lipinski definition) is 7. The minimum absolute atomic E-state index is 0. The molecular formula is C28H41ClN8O3. The first kappa shape index (κ1) is 30.0. The van der Waals surface area contributed by atoms with Gasteiger partial charge < -0.3 is 26.6 Å². The Labute approximate surface area is 241 Å². The summed E-state index contributed by atoms with van der Waals surface area (Å²) >= 11 is 0. The van der Waals surface area contributed by atoms with Crippen LogP contribution < -0.4 is 27.8 Å². The summed E-state index contributed by atoms with van der Waals surface area (Å²) in [5.41, 5.74) is 12.9. The van der Waals surface area contributed by atoms with E-state index in [1.165, 1.54) is 35.8 Å². The quantitative estimate of drug-likeness (QED) is 0.392. The van der Waals surface area contributed by atoms with Crippen molar-refractivity contribution in [1.82, 2.24) is 24.7 Å². The molecule has 0 unspecified atom stereocenters. The first-order valence-corrected chi connectivity index (χ1v) is 13.8. The Morgan fingerprint density at radius 3 is 2.23 bits per heavy atom. The number of halogens is 1. The molecule has 2 heterocycles. The zero-order chi connectivity index (χ0) is 27.8. The number of carbonyl (C=O) groups excluding carboxylic acids is 2. The number of hydrogen-bond donors (Lipinski definition) is 4. The van der Waals surface area contributed by atoms with Gasteiger partial charge in [-0.3, -0.25) is 14.7 Å². The van der Waals surface area contributed by atoms with E-state index in [0.717, 1.165) is 13.0 Å². The Bertz CT molecular complexity index is 1250. The molecule has 2 aromatic rings. The van der Waals surface area contributed by atoms with E-state index in [1.807, 2.05) is 24.3 Å². The number of rotatable bonds is 7. The summed E-state index contributed by atoms with van der Waals surface area (Å²) in [6.07, 6.45) is 7.40. The zero-order valence-electron chi connectivity index (χ0n) is 23.3. The molecule has 1 saturated heterocycles. The number of nitrogens with one attached hydrogen (secondary N) is 2. The molecule has 218 valence electrons. The van der Waals surface area contributed by atoms with Crippen LogP contribution in [0.15, 0.2) is 41.3 Å². The van der Waals surface area contributed by atoms with Crippen LogP contribution in [0.5, 0.6) is 0 Å². The Morgan fingerprint density at radius 1 is 1.02 bits per heavy atom. The monoisotopic (exact) mass is 572 g/mol. The summed E-state index contributed by atoms with van der Waals surface area (Å²) in [5.74, 6) is 0.0473. The van der Waals surface area contributed by atoms with Crippen LogP contribution in [0.1, 0.15) is 45.1 Å². The minimum atomic E-state index is -0.944. The van der Waals surface area contributed by atoms with E-state index in [-0.39, 0.29) is 30.2 Å². The standard InChI is InChI=1S/C28H40N8O3.ClH/c1-27(2,30)24(37)34-11-13-35(14-12-34)25(38)32-23-8-10-36(26(39)33-23)22-5-3-19(4-6-22)7-9-31-21-17-28(18-21)15-20(29)16-28;/h3-6,8,10,20-21,31H,7,9,11-18,29-30H2,1-2H3,(H,32,33,38,39);1H. The number of carbonyl (C=O) groups is 2. The highest BCUT2D eigenvalue weighted by molar-refractivity contribution is 5.89. The van der Waals surface area contributed by atoms with Gasteiger partial charge >= 0.3 is 11.7 Å². The van der Waals surface area contributed by atoms with Crippen LogP contribution in [-0.2, 0) is 11.2 Å². The molecule has 12 heteroatoms. The first-order valence-electron chi connectivity index (χ1n) is 13.8. The van der Waals surface area contributed by atoms with E-state index in [9.17, 15) is 14.4 Å². The molecule has 0 radical (unpaired) electrons. The Morgan fingerprint density at radius 2 is 1.65 bits per heavy atom. The SMILES string of the molecule is CC(C)(N)C(=O)N1CCN(C(=O)Nc2ccn(-c3ccc(CCNC4CC5(CC(N)C5)C4)cc3)c(=O)n2)CC1.Cl. The van der Waals surface area contributed by atoms with Gasteiger partial charge in [0.1, 0.15) is 5.82 Å². The van der Waals surface area contributed by atoms with Crippen molar-refractivity contribution < 1.29 is 9.59 Å². The molecule has 3 amide bonds. The Kier molecular flexibility index (Phi) is 8.89. The van der Waals surface area contributed by atoms with Gasteiger partial charge in [-0.2, -0.15) is 4.98 Å². The van der Waals surface area contributed by atoms with Crippen LogP contribution in [0.25, 0.3) is 5.69 Å². The van der Waals surface area contributed by atoms with Gasteiger partial charge in [0.25, 0.3) is 0 Å². The number of amides is 3. The van der Waals surface area contributed by atoms with Crippen molar-refractivity contribution in [1.29, 1.82) is 0 Å². The van der Waals surface area contributed by atoms with E-state index in [0.29, 0.717) is 49.4 Å². The molecule has 5 rings (SSSR count). The van der Waals surface area contributed by atoms with Crippen molar-refractivity contribution in [3.8, 4) is 5.69 Å². The zero-order valence-corrected chi connectivity index (χ0v) is 24.1. The highest BCUT2D eigenvalue weighted by Gasteiger charge is 2.51. The van der Waals surface area contributed by atoms with Crippen molar-refractivity contribution in [3.63, 3.8) is 0 Å². The van der Waals surface area contributed by atoms with Crippen molar-refractivity contribution >= 4 is 30.2 Å². The van der Waals surface area contributed by atoms with Gasteiger partial charge in [0.05, 0.1) is 11.2 Å². The summed E-state index contributed by atoms with van der Waals surface area (Å²) in [6.45, 7) is 5.84. The van der Waals surface area contributed by atoms with Crippen molar-refractivity contribution in [2.75, 3.05) is 38.0 Å². The maximum Gasteiger partial charge on any atom is 0.354 e. The molecule has 2 aliphatic carbocycles. The molecule has 11 nitrogen and oxygen atoms in total. The van der Waals surface area contributed by atoms with Gasteiger partial charge in [-0.15, -0.1) is 12.4 Å². The first-order chi connectivity index (χ1) is 18.5. The van der Waals surface area contributed by atoms with Crippen LogP contribution in [0.3, 0.4) is 0 Å². The number of piperazine rings is 1.